The van der Waals surface area contributed by atoms with Crippen molar-refractivity contribution in [2.75, 3.05) is 5.88 Å². The Hall–Kier alpha value is -0.301. The summed E-state index contributed by atoms with van der Waals surface area (Å²) in [7, 11) is 0. The third-order valence-corrected chi connectivity index (χ3v) is 5.12. The number of benzene rings is 1. The van der Waals surface area contributed by atoms with Gasteiger partial charge in [-0.3, -0.25) is 0 Å². The zero-order chi connectivity index (χ0) is 9.68. The van der Waals surface area contributed by atoms with Crippen molar-refractivity contribution in [1.82, 2.24) is 0 Å². The van der Waals surface area contributed by atoms with Crippen LogP contribution < -0.4 is 4.46 Å². The van der Waals surface area contributed by atoms with Gasteiger partial charge in [-0.2, -0.15) is 0 Å². The van der Waals surface area contributed by atoms with Crippen molar-refractivity contribution in [3.05, 3.63) is 30.3 Å². The summed E-state index contributed by atoms with van der Waals surface area (Å²) >= 11 is 5.88. The van der Waals surface area contributed by atoms with Gasteiger partial charge >= 0.3 is 89.5 Å². The van der Waals surface area contributed by atoms with E-state index in [0.29, 0.717) is 5.88 Å². The predicted molar refractivity (Wildman–Crippen MR) is 57.0 cm³/mol. The van der Waals surface area contributed by atoms with Crippen molar-refractivity contribution >= 4 is 36.8 Å². The maximum atomic E-state index is 11.1. The molecule has 0 aliphatic heterocycles. The van der Waals surface area contributed by atoms with Gasteiger partial charge in [-0.05, 0) is 0 Å². The van der Waals surface area contributed by atoms with Gasteiger partial charge in [0.2, 0.25) is 0 Å². The van der Waals surface area contributed by atoms with E-state index in [1.807, 2.05) is 30.3 Å². The molecule has 0 aromatic heterocycles. The summed E-state index contributed by atoms with van der Waals surface area (Å²) in [4.78, 5) is 11.1. The van der Waals surface area contributed by atoms with E-state index in [1.165, 1.54) is 4.46 Å². The Morgan fingerprint density at radius 2 is 2.08 bits per heavy atom. The van der Waals surface area contributed by atoms with Crippen LogP contribution >= 0.6 is 11.6 Å². The molecule has 70 valence electrons. The standard InChI is InChI=1S/C10H11ClOSe/c1-8(12)10(7-11)13-9-5-3-2-4-6-9/h2-6,10H,7H2,1H3. The Bertz CT molecular complexity index is 274. The van der Waals surface area contributed by atoms with Gasteiger partial charge in [0, 0.05) is 0 Å². The van der Waals surface area contributed by atoms with Crippen molar-refractivity contribution < 1.29 is 4.79 Å². The van der Waals surface area contributed by atoms with Gasteiger partial charge in [0.1, 0.15) is 0 Å². The van der Waals surface area contributed by atoms with Gasteiger partial charge < -0.3 is 0 Å². The summed E-state index contributed by atoms with van der Waals surface area (Å²) in [5.41, 5.74) is 0. The summed E-state index contributed by atoms with van der Waals surface area (Å²) in [6.07, 6.45) is 0. The molecule has 0 saturated carbocycles. The van der Waals surface area contributed by atoms with Crippen molar-refractivity contribution in [1.29, 1.82) is 0 Å². The summed E-state index contributed by atoms with van der Waals surface area (Å²) < 4.78 is 1.23. The molecular weight excluding hydrogens is 251 g/mol. The molecular formula is C10H11ClOSe. The van der Waals surface area contributed by atoms with Crippen molar-refractivity contribution in [2.24, 2.45) is 0 Å². The zero-order valence-corrected chi connectivity index (χ0v) is 9.83. The number of hydrogen-bond acceptors (Lipinski definition) is 1. The second kappa shape index (κ2) is 5.43. The number of halogens is 1. The molecule has 0 saturated heterocycles. The molecule has 0 aliphatic carbocycles. The molecule has 0 amide bonds. The Kier molecular flexibility index (Phi) is 4.51. The molecule has 1 unspecified atom stereocenters. The first-order valence-corrected chi connectivity index (χ1v) is 6.40. The van der Waals surface area contributed by atoms with Gasteiger partial charge in [-0.25, -0.2) is 0 Å². The number of ketones is 1. The summed E-state index contributed by atoms with van der Waals surface area (Å²) in [5.74, 6) is 0.628. The monoisotopic (exact) mass is 262 g/mol. The molecule has 0 bridgehead atoms. The van der Waals surface area contributed by atoms with E-state index < -0.39 is 0 Å². The van der Waals surface area contributed by atoms with Crippen LogP contribution in [0.15, 0.2) is 30.3 Å². The molecule has 0 heterocycles. The van der Waals surface area contributed by atoms with Gasteiger partial charge in [0.25, 0.3) is 0 Å². The molecule has 1 nitrogen and oxygen atoms in total. The Morgan fingerprint density at radius 3 is 2.54 bits per heavy atom. The van der Waals surface area contributed by atoms with Gasteiger partial charge in [-0.15, -0.1) is 0 Å². The molecule has 1 atom stereocenters. The topological polar surface area (TPSA) is 17.1 Å². The second-order valence-corrected chi connectivity index (χ2v) is 5.67. The van der Waals surface area contributed by atoms with E-state index >= 15 is 0 Å². The third-order valence-electron chi connectivity index (χ3n) is 1.62. The van der Waals surface area contributed by atoms with Crippen LogP contribution in [-0.2, 0) is 4.79 Å². The molecule has 0 spiro atoms. The fourth-order valence-electron chi connectivity index (χ4n) is 0.886. The van der Waals surface area contributed by atoms with Crippen LogP contribution in [0.1, 0.15) is 6.92 Å². The van der Waals surface area contributed by atoms with E-state index in [4.69, 9.17) is 11.6 Å². The minimum atomic E-state index is 0.0246. The number of alkyl halides is 1. The minimum absolute atomic E-state index is 0.0246. The molecule has 0 fully saturated rings. The van der Waals surface area contributed by atoms with Crippen molar-refractivity contribution in [3.8, 4) is 0 Å². The van der Waals surface area contributed by atoms with Gasteiger partial charge in [0.05, 0.1) is 0 Å². The molecule has 3 heteroatoms. The van der Waals surface area contributed by atoms with Crippen LogP contribution in [0, 0.1) is 0 Å². The number of carbonyl (C=O) groups is 1. The number of Topliss-reactive ketones (excluding diaryl/α,β-unsaturated/α-hetero) is 1. The molecule has 1 aromatic rings. The summed E-state index contributed by atoms with van der Waals surface area (Å²) in [6, 6.07) is 10.0. The number of carbonyl (C=O) groups excluding carboxylic acids is 1. The van der Waals surface area contributed by atoms with E-state index in [1.54, 1.807) is 6.92 Å². The molecule has 0 radical (unpaired) electrons. The normalized spacial score (nSPS) is 12.5. The molecule has 0 N–H and O–H groups in total. The van der Waals surface area contributed by atoms with Crippen LogP contribution in [0.25, 0.3) is 0 Å². The number of rotatable bonds is 4. The van der Waals surface area contributed by atoms with E-state index in [9.17, 15) is 4.79 Å². The van der Waals surface area contributed by atoms with Crippen LogP contribution in [0.5, 0.6) is 0 Å². The fraction of sp³-hybridized carbons (Fsp3) is 0.300. The summed E-state index contributed by atoms with van der Waals surface area (Å²) in [6.45, 7) is 1.61. The quantitative estimate of drug-likeness (QED) is 0.595. The van der Waals surface area contributed by atoms with Gasteiger partial charge in [-0.1, -0.05) is 0 Å². The average molecular weight is 262 g/mol. The van der Waals surface area contributed by atoms with E-state index in [2.05, 4.69) is 0 Å². The second-order valence-electron chi connectivity index (χ2n) is 2.68. The van der Waals surface area contributed by atoms with Crippen molar-refractivity contribution in [2.45, 2.75) is 11.7 Å². The molecule has 0 aliphatic rings. The Labute approximate surface area is 89.6 Å². The average Bonchev–Trinajstić information content (AvgIpc) is 2.15. The Balaban J connectivity index is 2.62. The third kappa shape index (κ3) is 3.51. The first-order valence-electron chi connectivity index (χ1n) is 4.02. The van der Waals surface area contributed by atoms with Crippen LogP contribution in [0.2, 0.25) is 4.82 Å². The van der Waals surface area contributed by atoms with Gasteiger partial charge in [0.15, 0.2) is 0 Å². The first-order chi connectivity index (χ1) is 6.24. The van der Waals surface area contributed by atoms with Crippen molar-refractivity contribution in [3.63, 3.8) is 0 Å². The van der Waals surface area contributed by atoms with E-state index in [-0.39, 0.29) is 25.6 Å². The summed E-state index contributed by atoms with van der Waals surface area (Å²) in [5, 5.41) is 0. The van der Waals surface area contributed by atoms with E-state index in [0.717, 1.165) is 0 Å². The first kappa shape index (κ1) is 10.8. The van der Waals surface area contributed by atoms with Crippen LogP contribution in [-0.4, -0.2) is 26.6 Å². The molecule has 1 rings (SSSR count). The number of hydrogen-bond donors (Lipinski definition) is 0. The SMILES string of the molecule is CC(=O)C(CCl)[Se]c1ccccc1. The van der Waals surface area contributed by atoms with Crippen LogP contribution in [0.3, 0.4) is 0 Å². The fourth-order valence-corrected chi connectivity index (χ4v) is 3.26. The predicted octanol–water partition coefficient (Wildman–Crippen LogP) is 1.63. The molecule has 13 heavy (non-hydrogen) atoms. The maximum absolute atomic E-state index is 11.1. The molecule has 1 aromatic carbocycles. The zero-order valence-electron chi connectivity index (χ0n) is 7.37. The van der Waals surface area contributed by atoms with Crippen LogP contribution in [0.4, 0.5) is 0 Å². The Morgan fingerprint density at radius 1 is 1.46 bits per heavy atom.